The molecule has 0 aliphatic carbocycles. The Morgan fingerprint density at radius 1 is 1.46 bits per heavy atom. The maximum absolute atomic E-state index is 11.1. The third kappa shape index (κ3) is 4.27. The van der Waals surface area contributed by atoms with Crippen molar-refractivity contribution in [2.45, 2.75) is 45.9 Å². The van der Waals surface area contributed by atoms with Crippen LogP contribution in [-0.2, 0) is 11.3 Å². The summed E-state index contributed by atoms with van der Waals surface area (Å²) < 4.78 is 5.99. The summed E-state index contributed by atoms with van der Waals surface area (Å²) in [5.74, 6) is 0.534. The molecule has 0 radical (unpaired) electrons. The molecule has 1 saturated heterocycles. The maximum Gasteiger partial charge on any atom is 0.223 e. The molecule has 0 saturated carbocycles. The van der Waals surface area contributed by atoms with Crippen LogP contribution in [0.4, 0.5) is 5.13 Å². The number of hydrogen-bond acceptors (Lipinski definition) is 7. The number of aromatic nitrogens is 3. The van der Waals surface area contributed by atoms with E-state index in [4.69, 9.17) is 4.74 Å². The van der Waals surface area contributed by atoms with Crippen LogP contribution in [0.25, 0.3) is 0 Å². The van der Waals surface area contributed by atoms with Crippen molar-refractivity contribution in [3.8, 4) is 5.88 Å². The van der Waals surface area contributed by atoms with Gasteiger partial charge in [0.15, 0.2) is 5.13 Å². The largest absolute Gasteiger partial charge is 0.473 e. The van der Waals surface area contributed by atoms with Gasteiger partial charge < -0.3 is 10.1 Å². The summed E-state index contributed by atoms with van der Waals surface area (Å²) in [4.78, 5) is 27.1. The zero-order valence-electron chi connectivity index (χ0n) is 14.0. The number of nitrogens with one attached hydrogen (secondary N) is 1. The zero-order chi connectivity index (χ0) is 17.1. The van der Waals surface area contributed by atoms with Gasteiger partial charge in [0.25, 0.3) is 0 Å². The first-order chi connectivity index (χ1) is 11.5. The lowest BCUT2D eigenvalue weighted by atomic mass is 10.2. The smallest absolute Gasteiger partial charge is 0.223 e. The summed E-state index contributed by atoms with van der Waals surface area (Å²) in [6.45, 7) is 7.26. The molecule has 2 aromatic heterocycles. The third-order valence-corrected chi connectivity index (χ3v) is 4.82. The Hall–Kier alpha value is -2.06. The second-order valence-electron chi connectivity index (χ2n) is 6.06. The van der Waals surface area contributed by atoms with Crippen molar-refractivity contribution in [2.24, 2.45) is 0 Å². The molecule has 0 bridgehead atoms. The Labute approximate surface area is 145 Å². The molecule has 0 spiro atoms. The molecule has 0 aromatic carbocycles. The van der Waals surface area contributed by atoms with E-state index in [9.17, 15) is 4.79 Å². The summed E-state index contributed by atoms with van der Waals surface area (Å²) in [6.07, 6.45) is 4.43. The molecule has 3 rings (SSSR count). The number of ether oxygens (including phenoxy) is 1. The normalized spacial score (nSPS) is 21.0. The van der Waals surface area contributed by atoms with Crippen molar-refractivity contribution in [2.75, 3.05) is 11.9 Å². The highest BCUT2D eigenvalue weighted by Gasteiger charge is 2.31. The number of rotatable bonds is 5. The van der Waals surface area contributed by atoms with E-state index in [2.05, 4.69) is 32.1 Å². The van der Waals surface area contributed by atoms with Crippen LogP contribution in [0.3, 0.4) is 0 Å². The molecule has 2 atom stereocenters. The van der Waals surface area contributed by atoms with Crippen LogP contribution in [0.5, 0.6) is 5.88 Å². The highest BCUT2D eigenvalue weighted by atomic mass is 32.1. The predicted octanol–water partition coefficient (Wildman–Crippen LogP) is 2.24. The van der Waals surface area contributed by atoms with Crippen molar-refractivity contribution in [3.63, 3.8) is 0 Å². The number of nitrogens with zero attached hydrogens (tertiary/aromatic N) is 4. The van der Waals surface area contributed by atoms with Gasteiger partial charge in [-0.1, -0.05) is 0 Å². The van der Waals surface area contributed by atoms with E-state index < -0.39 is 0 Å². The maximum atomic E-state index is 11.1. The summed E-state index contributed by atoms with van der Waals surface area (Å²) in [5.41, 5.74) is 0.901. The summed E-state index contributed by atoms with van der Waals surface area (Å²) in [7, 11) is 0. The molecule has 3 heterocycles. The first-order valence-corrected chi connectivity index (χ1v) is 8.73. The van der Waals surface area contributed by atoms with Gasteiger partial charge in [0, 0.05) is 55.3 Å². The first-order valence-electron chi connectivity index (χ1n) is 7.91. The fourth-order valence-corrected chi connectivity index (χ4v) is 3.69. The van der Waals surface area contributed by atoms with Crippen molar-refractivity contribution < 1.29 is 9.53 Å². The quantitative estimate of drug-likeness (QED) is 0.893. The van der Waals surface area contributed by atoms with Gasteiger partial charge in [-0.2, -0.15) is 0 Å². The average Bonchev–Trinajstić information content (AvgIpc) is 3.06. The highest BCUT2D eigenvalue weighted by Crippen LogP contribution is 2.26. The van der Waals surface area contributed by atoms with E-state index in [1.54, 1.807) is 0 Å². The minimum Gasteiger partial charge on any atom is -0.473 e. The van der Waals surface area contributed by atoms with Crippen LogP contribution < -0.4 is 10.1 Å². The Morgan fingerprint density at radius 2 is 2.29 bits per heavy atom. The Morgan fingerprint density at radius 3 is 3.04 bits per heavy atom. The van der Waals surface area contributed by atoms with Crippen LogP contribution in [0.2, 0.25) is 0 Å². The molecule has 1 amide bonds. The van der Waals surface area contributed by atoms with Crippen molar-refractivity contribution in [1.29, 1.82) is 0 Å². The Balaban J connectivity index is 1.57. The Kier molecular flexibility index (Phi) is 5.06. The summed E-state index contributed by atoms with van der Waals surface area (Å²) in [5, 5.41) is 3.37. The minimum atomic E-state index is -0.0981. The monoisotopic (exact) mass is 347 g/mol. The van der Waals surface area contributed by atoms with Crippen LogP contribution in [0.15, 0.2) is 18.6 Å². The molecule has 0 unspecified atom stereocenters. The lowest BCUT2D eigenvalue weighted by Gasteiger charge is -2.19. The van der Waals surface area contributed by atoms with Gasteiger partial charge in [-0.3, -0.25) is 9.69 Å². The van der Waals surface area contributed by atoms with Crippen molar-refractivity contribution in [1.82, 2.24) is 19.9 Å². The number of likely N-dealkylation sites (tertiary alicyclic amines) is 1. The van der Waals surface area contributed by atoms with Crippen LogP contribution in [0.1, 0.15) is 30.8 Å². The summed E-state index contributed by atoms with van der Waals surface area (Å²) in [6, 6.07) is 2.28. The molecule has 24 heavy (non-hydrogen) atoms. The molecule has 8 heteroatoms. The van der Waals surface area contributed by atoms with Gasteiger partial charge in [0.2, 0.25) is 11.8 Å². The first kappa shape index (κ1) is 16.8. The topological polar surface area (TPSA) is 80.2 Å². The molecule has 1 aliphatic heterocycles. The van der Waals surface area contributed by atoms with E-state index in [1.807, 2.05) is 19.2 Å². The number of amides is 1. The van der Waals surface area contributed by atoms with E-state index in [0.717, 1.165) is 30.1 Å². The molecule has 1 aliphatic rings. The number of carbonyl (C=O) groups is 1. The van der Waals surface area contributed by atoms with Crippen LogP contribution >= 0.6 is 11.3 Å². The van der Waals surface area contributed by atoms with Gasteiger partial charge in [0.1, 0.15) is 12.4 Å². The molecule has 1 N–H and O–H groups in total. The third-order valence-electron chi connectivity index (χ3n) is 3.93. The van der Waals surface area contributed by atoms with Gasteiger partial charge in [-0.25, -0.2) is 15.0 Å². The number of aryl methyl sites for hydroxylation is 1. The Bertz CT molecular complexity index is 720. The lowest BCUT2D eigenvalue weighted by molar-refractivity contribution is -0.114. The average molecular weight is 347 g/mol. The van der Waals surface area contributed by atoms with Crippen LogP contribution in [-0.4, -0.2) is 44.4 Å². The van der Waals surface area contributed by atoms with E-state index in [-0.39, 0.29) is 12.0 Å². The lowest BCUT2D eigenvalue weighted by Crippen LogP contribution is -2.27. The number of carbonyl (C=O) groups excluding carboxylic acids is 1. The predicted molar refractivity (Wildman–Crippen MR) is 92.1 cm³/mol. The van der Waals surface area contributed by atoms with E-state index in [1.165, 1.54) is 24.6 Å². The highest BCUT2D eigenvalue weighted by molar-refractivity contribution is 7.15. The van der Waals surface area contributed by atoms with Gasteiger partial charge in [-0.05, 0) is 13.8 Å². The minimum absolute atomic E-state index is 0.0981. The zero-order valence-corrected chi connectivity index (χ0v) is 14.8. The fourth-order valence-electron chi connectivity index (χ4n) is 2.81. The standard InChI is InChI=1S/C16H21N5O2S/c1-10-4-15(19-9-18-10)23-13-5-11(2)21(7-13)8-14-6-17-16(24-14)20-12(3)22/h4,6,9,11,13H,5,7-8H2,1-3H3,(H,17,20,22)/t11-,13+/m1/s1. The van der Waals surface area contributed by atoms with Crippen LogP contribution in [0, 0.1) is 6.92 Å². The second kappa shape index (κ2) is 7.23. The SMILES string of the molecule is CC(=O)Nc1ncc(CN2C[C@@H](Oc3cc(C)ncn3)C[C@H]2C)s1. The number of anilines is 1. The summed E-state index contributed by atoms with van der Waals surface area (Å²) >= 11 is 1.51. The van der Waals surface area contributed by atoms with E-state index in [0.29, 0.717) is 17.1 Å². The van der Waals surface area contributed by atoms with Crippen molar-refractivity contribution >= 4 is 22.4 Å². The molecule has 2 aromatic rings. The molecular weight excluding hydrogens is 326 g/mol. The fraction of sp³-hybridized carbons (Fsp3) is 0.500. The number of thiazole rings is 1. The van der Waals surface area contributed by atoms with E-state index >= 15 is 0 Å². The van der Waals surface area contributed by atoms with Crippen molar-refractivity contribution in [3.05, 3.63) is 29.2 Å². The second-order valence-corrected chi connectivity index (χ2v) is 7.18. The molecule has 7 nitrogen and oxygen atoms in total. The number of hydrogen-bond donors (Lipinski definition) is 1. The molecule has 1 fully saturated rings. The molecule has 128 valence electrons. The molecular formula is C16H21N5O2S. The van der Waals surface area contributed by atoms with Gasteiger partial charge >= 0.3 is 0 Å². The van der Waals surface area contributed by atoms with Gasteiger partial charge in [-0.15, -0.1) is 11.3 Å². The van der Waals surface area contributed by atoms with Gasteiger partial charge in [0.05, 0.1) is 0 Å².